The Kier molecular flexibility index (Phi) is 3.28. The molecular formula is C10H13NO4. The summed E-state index contributed by atoms with van der Waals surface area (Å²) in [6.45, 7) is 1.38. The summed E-state index contributed by atoms with van der Waals surface area (Å²) < 4.78 is 0. The molecule has 82 valence electrons. The summed E-state index contributed by atoms with van der Waals surface area (Å²) in [5, 5.41) is 26.7. The second-order valence-corrected chi connectivity index (χ2v) is 3.59. The maximum Gasteiger partial charge on any atom is 0.326 e. The zero-order valence-electron chi connectivity index (χ0n) is 8.27. The van der Waals surface area contributed by atoms with E-state index in [1.165, 1.54) is 19.1 Å². The van der Waals surface area contributed by atoms with Crippen LogP contribution in [0.1, 0.15) is 12.5 Å². The Morgan fingerprint density at radius 2 is 1.93 bits per heavy atom. The molecular weight excluding hydrogens is 198 g/mol. The van der Waals surface area contributed by atoms with Gasteiger partial charge in [0, 0.05) is 6.42 Å². The van der Waals surface area contributed by atoms with Gasteiger partial charge < -0.3 is 15.4 Å². The first-order valence-electron chi connectivity index (χ1n) is 4.40. The standard InChI is InChI=1S/C10H13NO4/c1-10(11-15,9(13)14)6-7-2-4-8(12)5-3-7/h2-5,11-12,15H,6H2,1H3,(H,13,14)/t10-/m0/s1. The average molecular weight is 211 g/mol. The fraction of sp³-hybridized carbons (Fsp3) is 0.300. The summed E-state index contributed by atoms with van der Waals surface area (Å²) in [6, 6.07) is 6.14. The fourth-order valence-corrected chi connectivity index (χ4v) is 1.19. The maximum absolute atomic E-state index is 10.9. The first-order valence-corrected chi connectivity index (χ1v) is 4.40. The van der Waals surface area contributed by atoms with Crippen molar-refractivity contribution in [1.29, 1.82) is 0 Å². The molecule has 0 bridgehead atoms. The number of rotatable bonds is 4. The van der Waals surface area contributed by atoms with Gasteiger partial charge in [0.2, 0.25) is 0 Å². The van der Waals surface area contributed by atoms with Crippen LogP contribution in [0, 0.1) is 0 Å². The Bertz CT molecular complexity index is 349. The lowest BCUT2D eigenvalue weighted by molar-refractivity contribution is -0.148. The highest BCUT2D eigenvalue weighted by atomic mass is 16.5. The number of carboxylic acid groups (broad SMARTS) is 1. The van der Waals surface area contributed by atoms with Crippen molar-refractivity contribution in [2.45, 2.75) is 18.9 Å². The summed E-state index contributed by atoms with van der Waals surface area (Å²) in [6.07, 6.45) is 0.124. The van der Waals surface area contributed by atoms with Gasteiger partial charge in [-0.2, -0.15) is 5.48 Å². The summed E-state index contributed by atoms with van der Waals surface area (Å²) >= 11 is 0. The van der Waals surface area contributed by atoms with Crippen LogP contribution in [-0.2, 0) is 11.2 Å². The van der Waals surface area contributed by atoms with Gasteiger partial charge in [-0.25, -0.2) is 0 Å². The SMILES string of the molecule is C[C@@](Cc1ccc(O)cc1)(NO)C(=O)O. The number of hydrogen-bond donors (Lipinski definition) is 4. The summed E-state index contributed by atoms with van der Waals surface area (Å²) in [5.41, 5.74) is 1.07. The Labute approximate surface area is 86.9 Å². The van der Waals surface area contributed by atoms with Gasteiger partial charge in [0.1, 0.15) is 11.3 Å². The number of hydrogen-bond acceptors (Lipinski definition) is 4. The number of phenolic OH excluding ortho intramolecular Hbond substituents is 1. The van der Waals surface area contributed by atoms with Gasteiger partial charge in [0.15, 0.2) is 0 Å². The average Bonchev–Trinajstić information content (AvgIpc) is 2.21. The molecule has 0 unspecified atom stereocenters. The highest BCUT2D eigenvalue weighted by molar-refractivity contribution is 5.78. The Morgan fingerprint density at radius 3 is 2.33 bits per heavy atom. The van der Waals surface area contributed by atoms with E-state index in [0.29, 0.717) is 5.56 Å². The number of aliphatic carboxylic acids is 1. The first-order chi connectivity index (χ1) is 6.98. The molecule has 1 atom stereocenters. The summed E-state index contributed by atoms with van der Waals surface area (Å²) in [7, 11) is 0. The van der Waals surface area contributed by atoms with Crippen LogP contribution in [0.3, 0.4) is 0 Å². The number of phenols is 1. The summed E-state index contributed by atoms with van der Waals surface area (Å²) in [5.74, 6) is -1.02. The Balaban J connectivity index is 2.84. The van der Waals surface area contributed by atoms with Crippen LogP contribution in [-0.4, -0.2) is 26.9 Å². The zero-order valence-corrected chi connectivity index (χ0v) is 8.27. The van der Waals surface area contributed by atoms with Gasteiger partial charge in [-0.3, -0.25) is 4.79 Å². The van der Waals surface area contributed by atoms with E-state index in [2.05, 4.69) is 0 Å². The molecule has 5 heteroatoms. The largest absolute Gasteiger partial charge is 0.508 e. The van der Waals surface area contributed by atoms with Crippen LogP contribution in [0.2, 0.25) is 0 Å². The summed E-state index contributed by atoms with van der Waals surface area (Å²) in [4.78, 5) is 10.9. The van der Waals surface area contributed by atoms with Gasteiger partial charge in [-0.15, -0.1) is 0 Å². The van der Waals surface area contributed by atoms with E-state index in [9.17, 15) is 4.79 Å². The minimum Gasteiger partial charge on any atom is -0.508 e. The molecule has 15 heavy (non-hydrogen) atoms. The number of aromatic hydroxyl groups is 1. The molecule has 1 aromatic rings. The topological polar surface area (TPSA) is 89.8 Å². The van der Waals surface area contributed by atoms with Crippen LogP contribution < -0.4 is 5.48 Å². The molecule has 1 aromatic carbocycles. The third-order valence-electron chi connectivity index (χ3n) is 2.21. The third kappa shape index (κ3) is 2.68. The van der Waals surface area contributed by atoms with Crippen molar-refractivity contribution in [3.8, 4) is 5.75 Å². The monoisotopic (exact) mass is 211 g/mol. The van der Waals surface area contributed by atoms with Gasteiger partial charge in [0.25, 0.3) is 0 Å². The quantitative estimate of drug-likeness (QED) is 0.552. The molecule has 0 radical (unpaired) electrons. The predicted molar refractivity (Wildman–Crippen MR) is 52.8 cm³/mol. The predicted octanol–water partition coefficient (Wildman–Crippen LogP) is 0.757. The highest BCUT2D eigenvalue weighted by Crippen LogP contribution is 2.16. The van der Waals surface area contributed by atoms with Gasteiger partial charge in [-0.1, -0.05) is 12.1 Å². The van der Waals surface area contributed by atoms with Crippen LogP contribution in [0.5, 0.6) is 5.75 Å². The highest BCUT2D eigenvalue weighted by Gasteiger charge is 2.32. The minimum absolute atomic E-state index is 0.118. The minimum atomic E-state index is -1.42. The molecule has 0 heterocycles. The molecule has 0 aromatic heterocycles. The normalized spacial score (nSPS) is 14.5. The van der Waals surface area contributed by atoms with Crippen molar-refractivity contribution < 1.29 is 20.2 Å². The zero-order chi connectivity index (χ0) is 11.5. The second-order valence-electron chi connectivity index (χ2n) is 3.59. The molecule has 0 aliphatic carbocycles. The second kappa shape index (κ2) is 4.29. The van der Waals surface area contributed by atoms with Crippen LogP contribution in [0.15, 0.2) is 24.3 Å². The van der Waals surface area contributed by atoms with E-state index in [4.69, 9.17) is 15.4 Å². The Morgan fingerprint density at radius 1 is 1.40 bits per heavy atom. The molecule has 0 spiro atoms. The maximum atomic E-state index is 10.9. The van der Waals surface area contributed by atoms with Gasteiger partial charge in [-0.05, 0) is 24.6 Å². The lowest BCUT2D eigenvalue weighted by atomic mass is 9.94. The van der Waals surface area contributed by atoms with Crippen molar-refractivity contribution in [3.05, 3.63) is 29.8 Å². The molecule has 0 amide bonds. The van der Waals surface area contributed by atoms with Crippen molar-refractivity contribution >= 4 is 5.97 Å². The molecule has 0 aliphatic heterocycles. The number of hydroxylamine groups is 1. The fourth-order valence-electron chi connectivity index (χ4n) is 1.19. The van der Waals surface area contributed by atoms with E-state index in [1.807, 2.05) is 0 Å². The van der Waals surface area contributed by atoms with Crippen molar-refractivity contribution in [1.82, 2.24) is 5.48 Å². The molecule has 5 nitrogen and oxygen atoms in total. The molecule has 0 fully saturated rings. The molecule has 0 saturated carbocycles. The lowest BCUT2D eigenvalue weighted by Crippen LogP contribution is -2.49. The van der Waals surface area contributed by atoms with Gasteiger partial charge in [0.05, 0.1) is 0 Å². The van der Waals surface area contributed by atoms with Crippen LogP contribution in [0.4, 0.5) is 0 Å². The number of carboxylic acids is 1. The van der Waals surface area contributed by atoms with Crippen LogP contribution in [0.25, 0.3) is 0 Å². The molecule has 0 aliphatic rings. The smallest absolute Gasteiger partial charge is 0.326 e. The number of benzene rings is 1. The van der Waals surface area contributed by atoms with Gasteiger partial charge >= 0.3 is 5.97 Å². The van der Waals surface area contributed by atoms with Crippen molar-refractivity contribution in [2.75, 3.05) is 0 Å². The molecule has 0 saturated heterocycles. The molecule has 1 rings (SSSR count). The van der Waals surface area contributed by atoms with E-state index in [1.54, 1.807) is 17.6 Å². The van der Waals surface area contributed by atoms with E-state index in [0.717, 1.165) is 0 Å². The van der Waals surface area contributed by atoms with E-state index >= 15 is 0 Å². The van der Waals surface area contributed by atoms with Crippen molar-refractivity contribution in [3.63, 3.8) is 0 Å². The number of carbonyl (C=O) groups is 1. The van der Waals surface area contributed by atoms with Crippen molar-refractivity contribution in [2.24, 2.45) is 0 Å². The van der Waals surface area contributed by atoms with E-state index < -0.39 is 11.5 Å². The van der Waals surface area contributed by atoms with E-state index in [-0.39, 0.29) is 12.2 Å². The first kappa shape index (κ1) is 11.5. The third-order valence-corrected chi connectivity index (χ3v) is 2.21. The van der Waals surface area contributed by atoms with Crippen LogP contribution >= 0.6 is 0 Å². The lowest BCUT2D eigenvalue weighted by Gasteiger charge is -2.22. The molecule has 4 N–H and O–H groups in total. The Hall–Kier alpha value is -1.59. The number of nitrogens with one attached hydrogen (secondary N) is 1.